The van der Waals surface area contributed by atoms with Crippen molar-refractivity contribution in [2.45, 2.75) is 32.7 Å². The summed E-state index contributed by atoms with van der Waals surface area (Å²) in [5.41, 5.74) is 6.93. The molecule has 0 amide bonds. The Morgan fingerprint density at radius 2 is 1.96 bits per heavy atom. The van der Waals surface area contributed by atoms with E-state index in [1.165, 1.54) is 13.1 Å². The first-order valence-electron chi connectivity index (χ1n) is 8.36. The Morgan fingerprint density at radius 1 is 1.27 bits per heavy atom. The van der Waals surface area contributed by atoms with Crippen molar-refractivity contribution in [1.82, 2.24) is 9.13 Å². The van der Waals surface area contributed by atoms with Gasteiger partial charge in [0.25, 0.3) is 0 Å². The maximum Gasteiger partial charge on any atom is 0.341 e. The summed E-state index contributed by atoms with van der Waals surface area (Å²) >= 11 is 0. The Balaban J connectivity index is 2.20. The highest BCUT2D eigenvalue weighted by molar-refractivity contribution is 5.96. The van der Waals surface area contributed by atoms with Gasteiger partial charge >= 0.3 is 5.97 Å². The molecule has 0 spiro atoms. The minimum Gasteiger partial charge on any atom is -0.477 e. The molecule has 134 valence electrons. The Morgan fingerprint density at radius 3 is 2.50 bits per heavy atom. The van der Waals surface area contributed by atoms with Crippen LogP contribution < -0.4 is 11.2 Å². The molecule has 0 unspecified atom stereocenters. The number of hydrogen-bond donors (Lipinski definition) is 2. The number of carboxylic acids is 1. The fraction of sp³-hybridized carbons (Fsp3) is 0.263. The highest BCUT2D eigenvalue weighted by Gasteiger charge is 2.30. The minimum absolute atomic E-state index is 0.127. The number of aromatic carboxylic acids is 1. The number of pyridine rings is 1. The zero-order chi connectivity index (χ0) is 18.7. The van der Waals surface area contributed by atoms with Crippen molar-refractivity contribution in [1.29, 1.82) is 0 Å². The summed E-state index contributed by atoms with van der Waals surface area (Å²) in [6.07, 6.45) is 6.47. The SMILES string of the molecule is Cc1c(F)c(-n2ccc(N)c2)c(C)c2c1c(=O)c(C(=O)O)cn2C1CC1. The fourth-order valence-corrected chi connectivity index (χ4v) is 3.58. The molecule has 0 bridgehead atoms. The van der Waals surface area contributed by atoms with Gasteiger partial charge < -0.3 is 20.0 Å². The second kappa shape index (κ2) is 5.45. The number of nitrogens with zero attached hydrogens (tertiary/aromatic N) is 2. The van der Waals surface area contributed by atoms with Gasteiger partial charge in [-0.1, -0.05) is 0 Å². The van der Waals surface area contributed by atoms with Gasteiger partial charge in [-0.25, -0.2) is 9.18 Å². The molecule has 1 aliphatic rings. The molecule has 26 heavy (non-hydrogen) atoms. The molecule has 2 aromatic heterocycles. The van der Waals surface area contributed by atoms with E-state index in [4.69, 9.17) is 5.73 Å². The number of aromatic nitrogens is 2. The summed E-state index contributed by atoms with van der Waals surface area (Å²) in [6.45, 7) is 3.26. The quantitative estimate of drug-likeness (QED) is 0.755. The van der Waals surface area contributed by atoms with Gasteiger partial charge in [0.2, 0.25) is 5.43 Å². The van der Waals surface area contributed by atoms with Crippen molar-refractivity contribution in [3.63, 3.8) is 0 Å². The van der Waals surface area contributed by atoms with E-state index in [-0.39, 0.29) is 22.6 Å². The summed E-state index contributed by atoms with van der Waals surface area (Å²) in [5.74, 6) is -1.85. The molecule has 3 N–H and O–H groups in total. The molecule has 3 aromatic rings. The predicted molar refractivity (Wildman–Crippen MR) is 96.6 cm³/mol. The summed E-state index contributed by atoms with van der Waals surface area (Å²) in [7, 11) is 0. The van der Waals surface area contributed by atoms with Crippen LogP contribution in [0.4, 0.5) is 10.1 Å². The molecular formula is C19H18FN3O3. The van der Waals surface area contributed by atoms with Crippen molar-refractivity contribution >= 4 is 22.6 Å². The van der Waals surface area contributed by atoms with Crippen LogP contribution in [0.15, 0.2) is 29.5 Å². The first-order valence-corrected chi connectivity index (χ1v) is 8.36. The van der Waals surface area contributed by atoms with Crippen molar-refractivity contribution in [2.24, 2.45) is 0 Å². The zero-order valence-electron chi connectivity index (χ0n) is 14.4. The van der Waals surface area contributed by atoms with Crippen LogP contribution in [0, 0.1) is 19.7 Å². The van der Waals surface area contributed by atoms with Crippen LogP contribution in [-0.4, -0.2) is 20.2 Å². The van der Waals surface area contributed by atoms with E-state index in [9.17, 15) is 14.7 Å². The summed E-state index contributed by atoms with van der Waals surface area (Å²) < 4.78 is 18.6. The highest BCUT2D eigenvalue weighted by Crippen LogP contribution is 2.40. The molecule has 1 aromatic carbocycles. The Labute approximate surface area is 148 Å². The highest BCUT2D eigenvalue weighted by atomic mass is 19.1. The van der Waals surface area contributed by atoms with Crippen molar-refractivity contribution in [2.75, 3.05) is 5.73 Å². The molecule has 0 radical (unpaired) electrons. The second-order valence-corrected chi connectivity index (χ2v) is 6.80. The first kappa shape index (κ1) is 16.4. The standard InChI is InChI=1S/C19H18FN3O3/c1-9-14-16(10(2)17(15(9)20)22-6-5-11(21)7-22)23(12-3-4-12)8-13(18(14)24)19(25)26/h5-8,12H,3-4,21H2,1-2H3,(H,25,26). The maximum absolute atomic E-state index is 15.2. The molecule has 0 saturated heterocycles. The number of hydrogen-bond acceptors (Lipinski definition) is 3. The lowest BCUT2D eigenvalue weighted by Gasteiger charge is -2.19. The van der Waals surface area contributed by atoms with E-state index in [2.05, 4.69) is 0 Å². The molecule has 1 aliphatic carbocycles. The number of anilines is 1. The summed E-state index contributed by atoms with van der Waals surface area (Å²) in [4.78, 5) is 24.3. The molecule has 2 heterocycles. The van der Waals surface area contributed by atoms with Crippen LogP contribution >= 0.6 is 0 Å². The number of benzene rings is 1. The summed E-state index contributed by atoms with van der Waals surface area (Å²) in [6, 6.07) is 1.79. The monoisotopic (exact) mass is 355 g/mol. The van der Waals surface area contributed by atoms with Crippen molar-refractivity contribution in [3.8, 4) is 5.69 Å². The van der Waals surface area contributed by atoms with Gasteiger partial charge in [0, 0.05) is 41.4 Å². The van der Waals surface area contributed by atoms with Gasteiger partial charge in [-0.05, 0) is 32.8 Å². The predicted octanol–water partition coefficient (Wildman–Crippen LogP) is 3.16. The van der Waals surface area contributed by atoms with Gasteiger partial charge in [-0.3, -0.25) is 4.79 Å². The van der Waals surface area contributed by atoms with E-state index in [0.29, 0.717) is 22.5 Å². The molecule has 1 fully saturated rings. The van der Waals surface area contributed by atoms with E-state index < -0.39 is 17.2 Å². The molecular weight excluding hydrogens is 337 g/mol. The average molecular weight is 355 g/mol. The third-order valence-electron chi connectivity index (χ3n) is 5.00. The second-order valence-electron chi connectivity index (χ2n) is 6.80. The molecule has 0 aliphatic heterocycles. The third-order valence-corrected chi connectivity index (χ3v) is 5.00. The van der Waals surface area contributed by atoms with E-state index >= 15 is 4.39 Å². The average Bonchev–Trinajstić information content (AvgIpc) is 3.34. The zero-order valence-corrected chi connectivity index (χ0v) is 14.4. The number of carbonyl (C=O) groups is 1. The number of nitrogen functional groups attached to an aromatic ring is 1. The molecule has 4 rings (SSSR count). The maximum atomic E-state index is 15.2. The molecule has 6 nitrogen and oxygen atoms in total. The lowest BCUT2D eigenvalue weighted by molar-refractivity contribution is 0.0695. The Bertz CT molecular complexity index is 1140. The van der Waals surface area contributed by atoms with Gasteiger partial charge in [-0.2, -0.15) is 0 Å². The van der Waals surface area contributed by atoms with Crippen LogP contribution in [0.1, 0.15) is 40.4 Å². The van der Waals surface area contributed by atoms with Crippen LogP contribution in [0.25, 0.3) is 16.6 Å². The Hall–Kier alpha value is -3.09. The minimum atomic E-state index is -1.30. The fourth-order valence-electron chi connectivity index (χ4n) is 3.58. The van der Waals surface area contributed by atoms with Gasteiger partial charge in [-0.15, -0.1) is 0 Å². The van der Waals surface area contributed by atoms with Crippen LogP contribution in [0.3, 0.4) is 0 Å². The largest absolute Gasteiger partial charge is 0.477 e. The van der Waals surface area contributed by atoms with Gasteiger partial charge in [0.1, 0.15) is 5.56 Å². The van der Waals surface area contributed by atoms with Crippen LogP contribution in [0.5, 0.6) is 0 Å². The number of aryl methyl sites for hydroxylation is 2. The number of fused-ring (bicyclic) bond motifs is 1. The van der Waals surface area contributed by atoms with Gasteiger partial charge in [0.05, 0.1) is 16.6 Å². The van der Waals surface area contributed by atoms with E-state index in [1.54, 1.807) is 30.0 Å². The number of halogens is 1. The van der Waals surface area contributed by atoms with Crippen molar-refractivity contribution < 1.29 is 14.3 Å². The van der Waals surface area contributed by atoms with Crippen molar-refractivity contribution in [3.05, 3.63) is 57.4 Å². The van der Waals surface area contributed by atoms with Crippen LogP contribution in [-0.2, 0) is 0 Å². The molecule has 7 heteroatoms. The van der Waals surface area contributed by atoms with E-state index in [0.717, 1.165) is 12.8 Å². The first-order chi connectivity index (χ1) is 12.3. The lowest BCUT2D eigenvalue weighted by atomic mass is 9.99. The summed E-state index contributed by atoms with van der Waals surface area (Å²) in [5, 5.41) is 9.53. The van der Waals surface area contributed by atoms with E-state index in [1.807, 2.05) is 4.57 Å². The van der Waals surface area contributed by atoms with Crippen LogP contribution in [0.2, 0.25) is 0 Å². The third kappa shape index (κ3) is 2.23. The topological polar surface area (TPSA) is 90.2 Å². The smallest absolute Gasteiger partial charge is 0.341 e. The number of carboxylic acid groups (broad SMARTS) is 1. The molecule has 0 atom stereocenters. The Kier molecular flexibility index (Phi) is 3.44. The van der Waals surface area contributed by atoms with Gasteiger partial charge in [0.15, 0.2) is 5.82 Å². The normalized spacial score (nSPS) is 14.1. The lowest BCUT2D eigenvalue weighted by Crippen LogP contribution is -2.21. The number of nitrogens with two attached hydrogens (primary N) is 1. The number of rotatable bonds is 3. The molecule has 1 saturated carbocycles.